The number of rotatable bonds is 6. The molecule has 0 aliphatic rings. The lowest BCUT2D eigenvalue weighted by Crippen LogP contribution is -2.37. The standard InChI is InChI=1S/C11H14N4O5/c12-10(18)20-4-3-14-11(19)15-6-8-5-7(9(16)17)1-2-13-8/h1-2,5H,3-4,6H2,(H2,12,18)(H,16,17)(H2,14,15,19). The van der Waals surface area contributed by atoms with E-state index in [0.29, 0.717) is 5.69 Å². The van der Waals surface area contributed by atoms with Crippen molar-refractivity contribution in [3.8, 4) is 0 Å². The smallest absolute Gasteiger partial charge is 0.404 e. The number of amides is 3. The Bertz CT molecular complexity index is 505. The van der Waals surface area contributed by atoms with Crippen molar-refractivity contribution in [1.29, 1.82) is 0 Å². The van der Waals surface area contributed by atoms with Crippen molar-refractivity contribution in [2.75, 3.05) is 13.2 Å². The van der Waals surface area contributed by atoms with Gasteiger partial charge in [0.25, 0.3) is 0 Å². The molecule has 0 saturated carbocycles. The molecule has 1 heterocycles. The summed E-state index contributed by atoms with van der Waals surface area (Å²) in [7, 11) is 0. The molecule has 0 fully saturated rings. The van der Waals surface area contributed by atoms with E-state index in [1.165, 1.54) is 18.3 Å². The van der Waals surface area contributed by atoms with E-state index >= 15 is 0 Å². The minimum Gasteiger partial charge on any atom is -0.478 e. The van der Waals surface area contributed by atoms with Crippen LogP contribution >= 0.6 is 0 Å². The third kappa shape index (κ3) is 5.67. The Morgan fingerprint density at radius 3 is 2.75 bits per heavy atom. The van der Waals surface area contributed by atoms with E-state index in [4.69, 9.17) is 10.8 Å². The number of nitrogens with zero attached hydrogens (tertiary/aromatic N) is 1. The molecular weight excluding hydrogens is 268 g/mol. The first-order valence-corrected chi connectivity index (χ1v) is 5.61. The molecule has 0 spiro atoms. The van der Waals surface area contributed by atoms with Gasteiger partial charge in [-0.3, -0.25) is 4.98 Å². The SMILES string of the molecule is NC(=O)OCCNC(=O)NCc1cc(C(=O)O)ccn1. The maximum absolute atomic E-state index is 11.3. The van der Waals surface area contributed by atoms with E-state index < -0.39 is 18.1 Å². The van der Waals surface area contributed by atoms with Crippen molar-refractivity contribution in [3.63, 3.8) is 0 Å². The number of urea groups is 1. The summed E-state index contributed by atoms with van der Waals surface area (Å²) in [5.41, 5.74) is 5.24. The van der Waals surface area contributed by atoms with Crippen LogP contribution in [0.25, 0.3) is 0 Å². The highest BCUT2D eigenvalue weighted by molar-refractivity contribution is 5.87. The van der Waals surface area contributed by atoms with Crippen molar-refractivity contribution in [1.82, 2.24) is 15.6 Å². The van der Waals surface area contributed by atoms with Crippen molar-refractivity contribution in [3.05, 3.63) is 29.6 Å². The highest BCUT2D eigenvalue weighted by Gasteiger charge is 2.05. The molecule has 1 aromatic rings. The Kier molecular flexibility index (Phi) is 5.75. The predicted molar refractivity (Wildman–Crippen MR) is 67.0 cm³/mol. The Balaban J connectivity index is 2.32. The molecular formula is C11H14N4O5. The second-order valence-corrected chi connectivity index (χ2v) is 3.62. The molecule has 3 amide bonds. The number of primary amides is 1. The first kappa shape index (κ1) is 15.2. The molecule has 5 N–H and O–H groups in total. The van der Waals surface area contributed by atoms with Gasteiger partial charge in [0.2, 0.25) is 0 Å². The quantitative estimate of drug-likeness (QED) is 0.526. The lowest BCUT2D eigenvalue weighted by Gasteiger charge is -2.07. The number of carbonyl (C=O) groups is 3. The zero-order chi connectivity index (χ0) is 15.0. The minimum atomic E-state index is -1.07. The van der Waals surface area contributed by atoms with Crippen LogP contribution in [-0.2, 0) is 11.3 Å². The molecule has 9 heteroatoms. The molecule has 1 aromatic heterocycles. The first-order valence-electron chi connectivity index (χ1n) is 5.61. The third-order valence-corrected chi connectivity index (χ3v) is 2.13. The number of hydrogen-bond donors (Lipinski definition) is 4. The van der Waals surface area contributed by atoms with Gasteiger partial charge in [-0.2, -0.15) is 0 Å². The number of carbonyl (C=O) groups excluding carboxylic acids is 2. The molecule has 9 nitrogen and oxygen atoms in total. The van der Waals surface area contributed by atoms with Gasteiger partial charge in [-0.15, -0.1) is 0 Å². The Morgan fingerprint density at radius 2 is 2.10 bits per heavy atom. The van der Waals surface area contributed by atoms with Gasteiger partial charge < -0.3 is 26.2 Å². The van der Waals surface area contributed by atoms with Crippen molar-refractivity contribution < 1.29 is 24.2 Å². The Labute approximate surface area is 114 Å². The van der Waals surface area contributed by atoms with Crippen molar-refractivity contribution in [2.24, 2.45) is 5.73 Å². The van der Waals surface area contributed by atoms with Gasteiger partial charge in [0.15, 0.2) is 0 Å². The summed E-state index contributed by atoms with van der Waals surface area (Å²) >= 11 is 0. The topological polar surface area (TPSA) is 144 Å². The number of aromatic nitrogens is 1. The van der Waals surface area contributed by atoms with Gasteiger partial charge in [0.05, 0.1) is 24.3 Å². The van der Waals surface area contributed by atoms with E-state index in [-0.39, 0.29) is 25.3 Å². The maximum Gasteiger partial charge on any atom is 0.404 e. The monoisotopic (exact) mass is 282 g/mol. The molecule has 0 radical (unpaired) electrons. The minimum absolute atomic E-state index is 0.0322. The van der Waals surface area contributed by atoms with Crippen LogP contribution < -0.4 is 16.4 Å². The molecule has 0 saturated heterocycles. The summed E-state index contributed by atoms with van der Waals surface area (Å²) < 4.78 is 4.42. The molecule has 0 atom stereocenters. The lowest BCUT2D eigenvalue weighted by atomic mass is 10.2. The van der Waals surface area contributed by atoms with Gasteiger partial charge in [0, 0.05) is 6.20 Å². The van der Waals surface area contributed by atoms with Gasteiger partial charge >= 0.3 is 18.1 Å². The number of pyridine rings is 1. The number of ether oxygens (including phenoxy) is 1. The number of nitrogens with two attached hydrogens (primary N) is 1. The zero-order valence-corrected chi connectivity index (χ0v) is 10.5. The van der Waals surface area contributed by atoms with E-state index in [1.807, 2.05) is 0 Å². The molecule has 0 aliphatic carbocycles. The fourth-order valence-corrected chi connectivity index (χ4v) is 1.26. The molecule has 0 bridgehead atoms. The second-order valence-electron chi connectivity index (χ2n) is 3.62. The third-order valence-electron chi connectivity index (χ3n) is 2.13. The van der Waals surface area contributed by atoms with Crippen molar-refractivity contribution in [2.45, 2.75) is 6.54 Å². The van der Waals surface area contributed by atoms with E-state index in [2.05, 4.69) is 20.4 Å². The van der Waals surface area contributed by atoms with Crippen LogP contribution in [0.2, 0.25) is 0 Å². The highest BCUT2D eigenvalue weighted by atomic mass is 16.5. The summed E-state index contributed by atoms with van der Waals surface area (Å²) in [5, 5.41) is 13.7. The zero-order valence-electron chi connectivity index (χ0n) is 10.5. The highest BCUT2D eigenvalue weighted by Crippen LogP contribution is 2.01. The largest absolute Gasteiger partial charge is 0.478 e. The summed E-state index contributed by atoms with van der Waals surface area (Å²) in [4.78, 5) is 36.3. The maximum atomic E-state index is 11.3. The molecule has 1 rings (SSSR count). The number of carboxylic acids is 1. The summed E-state index contributed by atoms with van der Waals surface area (Å²) in [6, 6.07) is 2.21. The number of carboxylic acid groups (broad SMARTS) is 1. The Hall–Kier alpha value is -2.84. The molecule has 20 heavy (non-hydrogen) atoms. The van der Waals surface area contributed by atoms with Gasteiger partial charge in [-0.05, 0) is 12.1 Å². The van der Waals surface area contributed by atoms with Crippen LogP contribution in [0.4, 0.5) is 9.59 Å². The average molecular weight is 282 g/mol. The summed E-state index contributed by atoms with van der Waals surface area (Å²) in [5.74, 6) is -1.07. The predicted octanol–water partition coefficient (Wildman–Crippen LogP) is -0.326. The molecule has 0 aliphatic heterocycles. The van der Waals surface area contributed by atoms with Crippen LogP contribution in [0, 0.1) is 0 Å². The van der Waals surface area contributed by atoms with E-state index in [0.717, 1.165) is 0 Å². The van der Waals surface area contributed by atoms with Gasteiger partial charge in [0.1, 0.15) is 6.61 Å². The van der Waals surface area contributed by atoms with Crippen LogP contribution in [-0.4, -0.2) is 41.3 Å². The lowest BCUT2D eigenvalue weighted by molar-refractivity contribution is 0.0696. The molecule has 108 valence electrons. The molecule has 0 unspecified atom stereocenters. The van der Waals surface area contributed by atoms with E-state index in [1.54, 1.807) is 0 Å². The van der Waals surface area contributed by atoms with Crippen LogP contribution in [0.5, 0.6) is 0 Å². The summed E-state index contributed by atoms with van der Waals surface area (Å²) in [6.07, 6.45) is 0.431. The van der Waals surface area contributed by atoms with E-state index in [9.17, 15) is 14.4 Å². The second kappa shape index (κ2) is 7.56. The van der Waals surface area contributed by atoms with Crippen molar-refractivity contribution >= 4 is 18.1 Å². The fourth-order valence-electron chi connectivity index (χ4n) is 1.26. The normalized spacial score (nSPS) is 9.60. The van der Waals surface area contributed by atoms with Crippen LogP contribution in [0.3, 0.4) is 0 Å². The van der Waals surface area contributed by atoms with Crippen LogP contribution in [0.15, 0.2) is 18.3 Å². The van der Waals surface area contributed by atoms with Gasteiger partial charge in [-0.25, -0.2) is 14.4 Å². The fraction of sp³-hybridized carbons (Fsp3) is 0.273. The van der Waals surface area contributed by atoms with Crippen LogP contribution in [0.1, 0.15) is 16.1 Å². The van der Waals surface area contributed by atoms with Gasteiger partial charge in [-0.1, -0.05) is 0 Å². The Morgan fingerprint density at radius 1 is 1.35 bits per heavy atom. The summed E-state index contributed by atoms with van der Waals surface area (Å²) in [6.45, 7) is 0.149. The number of nitrogens with one attached hydrogen (secondary N) is 2. The average Bonchev–Trinajstić information content (AvgIpc) is 2.41. The molecule has 0 aromatic carbocycles. The first-order chi connectivity index (χ1) is 9.49. The number of hydrogen-bond acceptors (Lipinski definition) is 5. The number of aromatic carboxylic acids is 1.